The zero-order valence-corrected chi connectivity index (χ0v) is 20.6. The van der Waals surface area contributed by atoms with E-state index in [2.05, 4.69) is 16.1 Å². The van der Waals surface area contributed by atoms with Gasteiger partial charge in [0.15, 0.2) is 16.4 Å². The average molecular weight is 554 g/mol. The van der Waals surface area contributed by atoms with E-state index in [9.17, 15) is 44.8 Å². The van der Waals surface area contributed by atoms with Crippen LogP contribution in [-0.2, 0) is 20.8 Å². The lowest BCUT2D eigenvalue weighted by atomic mass is 10.1. The maximum Gasteiger partial charge on any atom is 0.422 e. The first-order chi connectivity index (χ1) is 17.0. The minimum Gasteiger partial charge on any atom is -0.484 e. The maximum absolute atomic E-state index is 13.8. The zero-order chi connectivity index (χ0) is 27.4. The first kappa shape index (κ1) is 27.5. The summed E-state index contributed by atoms with van der Waals surface area (Å²) < 4.78 is 110. The van der Waals surface area contributed by atoms with Gasteiger partial charge in [-0.2, -0.15) is 31.6 Å². The highest BCUT2D eigenvalue weighted by atomic mass is 32.2. The van der Waals surface area contributed by atoms with Gasteiger partial charge in [0, 0.05) is 24.5 Å². The maximum atomic E-state index is 13.8. The van der Waals surface area contributed by atoms with Gasteiger partial charge in [-0.3, -0.25) is 10.1 Å². The minimum absolute atomic E-state index is 0.109. The van der Waals surface area contributed by atoms with Crippen LogP contribution in [0.2, 0.25) is 0 Å². The molecule has 7 nitrogen and oxygen atoms in total. The Labute approximate surface area is 209 Å². The van der Waals surface area contributed by atoms with Crippen LogP contribution in [0, 0.1) is 16.7 Å². The van der Waals surface area contributed by atoms with E-state index in [1.54, 1.807) is 6.92 Å². The quantitative estimate of drug-likeness (QED) is 0.492. The molecule has 0 unspecified atom stereocenters. The molecule has 1 aromatic carbocycles. The molecule has 1 aromatic rings. The molecule has 0 aromatic heterocycles. The van der Waals surface area contributed by atoms with Gasteiger partial charge in [-0.15, -0.1) is 0 Å². The molecule has 3 fully saturated rings. The average Bonchev–Trinajstić information content (AvgIpc) is 3.72. The predicted molar refractivity (Wildman–Crippen MR) is 117 cm³/mol. The van der Waals surface area contributed by atoms with Gasteiger partial charge in [-0.25, -0.2) is 8.42 Å². The van der Waals surface area contributed by atoms with Gasteiger partial charge < -0.3 is 9.64 Å². The fraction of sp³-hybridized carbons (Fsp3) is 0.652. The van der Waals surface area contributed by atoms with Crippen LogP contribution in [0.3, 0.4) is 0 Å². The fourth-order valence-electron chi connectivity index (χ4n) is 4.47. The molecule has 3 aliphatic rings. The van der Waals surface area contributed by atoms with Crippen LogP contribution in [0.15, 0.2) is 23.1 Å². The molecule has 1 amide bonds. The van der Waals surface area contributed by atoms with Crippen LogP contribution in [0.1, 0.15) is 44.6 Å². The normalized spacial score (nSPS) is 24.4. The number of amides is 1. The molecule has 1 aliphatic heterocycles. The van der Waals surface area contributed by atoms with Gasteiger partial charge >= 0.3 is 12.4 Å². The summed E-state index contributed by atoms with van der Waals surface area (Å²) in [6, 6.07) is 3.07. The molecule has 1 heterocycles. The molecule has 0 radical (unpaired) electrons. The Morgan fingerprint density at radius 1 is 1.19 bits per heavy atom. The lowest BCUT2D eigenvalue weighted by Gasteiger charge is -2.28. The molecule has 2 aliphatic carbocycles. The number of halogens is 6. The number of nitriles is 1. The van der Waals surface area contributed by atoms with Gasteiger partial charge in [-0.1, -0.05) is 6.92 Å². The van der Waals surface area contributed by atoms with E-state index in [0.717, 1.165) is 6.07 Å². The topological polar surface area (TPSA) is 99.5 Å². The molecule has 14 heteroatoms. The number of carbonyl (C=O) groups is 1. The van der Waals surface area contributed by atoms with Crippen LogP contribution in [0.25, 0.3) is 0 Å². The van der Waals surface area contributed by atoms with Crippen molar-refractivity contribution in [2.75, 3.05) is 19.7 Å². The monoisotopic (exact) mass is 553 g/mol. The summed E-state index contributed by atoms with van der Waals surface area (Å²) in [6.45, 7) is -0.321. The Hall–Kier alpha value is -2.53. The van der Waals surface area contributed by atoms with E-state index < -0.39 is 67.3 Å². The smallest absolute Gasteiger partial charge is 0.422 e. The van der Waals surface area contributed by atoms with Crippen LogP contribution >= 0.6 is 0 Å². The first-order valence-electron chi connectivity index (χ1n) is 11.6. The highest BCUT2D eigenvalue weighted by Crippen LogP contribution is 2.48. The Kier molecular flexibility index (Phi) is 6.72. The number of hydrogen-bond acceptors (Lipinski definition) is 6. The molecule has 2 atom stereocenters. The number of likely N-dealkylation sites (tertiary alicyclic amines) is 1. The highest BCUT2D eigenvalue weighted by molar-refractivity contribution is 7.92. The van der Waals surface area contributed by atoms with Gasteiger partial charge in [-0.05, 0) is 50.3 Å². The van der Waals surface area contributed by atoms with Crippen molar-refractivity contribution in [1.29, 1.82) is 5.26 Å². The Balaban J connectivity index is 1.62. The molecule has 37 heavy (non-hydrogen) atoms. The zero-order valence-electron chi connectivity index (χ0n) is 19.7. The van der Waals surface area contributed by atoms with Crippen molar-refractivity contribution in [3.05, 3.63) is 23.8 Å². The van der Waals surface area contributed by atoms with Crippen LogP contribution in [0.4, 0.5) is 26.3 Å². The number of hydrogen-bond donors (Lipinski definition) is 1. The second kappa shape index (κ2) is 9.04. The summed E-state index contributed by atoms with van der Waals surface area (Å²) in [7, 11) is -4.67. The molecule has 4 rings (SSSR count). The van der Waals surface area contributed by atoms with Gasteiger partial charge in [0.1, 0.15) is 11.3 Å². The molecular formula is C23H25F6N3O4S. The van der Waals surface area contributed by atoms with E-state index in [1.807, 2.05) is 0 Å². The Bertz CT molecular complexity index is 1220. The van der Waals surface area contributed by atoms with Crippen molar-refractivity contribution in [3.8, 4) is 11.8 Å². The van der Waals surface area contributed by atoms with Crippen molar-refractivity contribution < 1.29 is 44.3 Å². The molecule has 1 saturated heterocycles. The lowest BCUT2D eigenvalue weighted by molar-refractivity contribution is -0.153. The Morgan fingerprint density at radius 3 is 2.35 bits per heavy atom. The Morgan fingerprint density at radius 2 is 1.84 bits per heavy atom. The van der Waals surface area contributed by atoms with Crippen molar-refractivity contribution >= 4 is 15.7 Å². The summed E-state index contributed by atoms with van der Waals surface area (Å²) >= 11 is 0. The molecule has 1 N–H and O–H groups in total. The summed E-state index contributed by atoms with van der Waals surface area (Å²) in [5, 5.41) is 11.0. The number of alkyl halides is 6. The fourth-order valence-corrected chi connectivity index (χ4v) is 6.40. The number of rotatable bonds is 8. The highest BCUT2D eigenvalue weighted by Gasteiger charge is 2.53. The standard InChI is InChI=1S/C23H25F6N3O4S/c1-20(4-5-20)19(33)32-11-16(8-14(32)10-31-21(12-30)6-7-21)37(34,35)18-3-2-15(36-13-22(24,25)26)9-17(18)23(27,28)29/h2-3,9,14,16,31H,4-8,10-11,13H2,1H3/t14-,16+/m0/s1. The van der Waals surface area contributed by atoms with Crippen molar-refractivity contribution in [1.82, 2.24) is 10.2 Å². The van der Waals surface area contributed by atoms with E-state index in [4.69, 9.17) is 0 Å². The van der Waals surface area contributed by atoms with E-state index in [0.29, 0.717) is 31.7 Å². The molecule has 0 spiro atoms. The number of benzene rings is 1. The molecule has 0 bridgehead atoms. The van der Waals surface area contributed by atoms with Crippen LogP contribution in [-0.4, -0.2) is 61.9 Å². The van der Waals surface area contributed by atoms with E-state index >= 15 is 0 Å². The third-order valence-electron chi connectivity index (χ3n) is 7.20. The largest absolute Gasteiger partial charge is 0.484 e. The first-order valence-corrected chi connectivity index (χ1v) is 13.2. The van der Waals surface area contributed by atoms with E-state index in [-0.39, 0.29) is 31.5 Å². The van der Waals surface area contributed by atoms with Gasteiger partial charge in [0.05, 0.1) is 21.8 Å². The number of nitrogens with zero attached hydrogens (tertiary/aromatic N) is 2. The third kappa shape index (κ3) is 5.82. The van der Waals surface area contributed by atoms with Crippen LogP contribution < -0.4 is 10.1 Å². The van der Waals surface area contributed by atoms with E-state index in [1.165, 1.54) is 4.90 Å². The molecule has 204 valence electrons. The SMILES string of the molecule is CC1(C(=O)N2C[C@H](S(=O)(=O)c3ccc(OCC(F)(F)F)cc3C(F)(F)F)C[C@H]2CNC2(C#N)CC2)CC1. The van der Waals surface area contributed by atoms with Crippen LogP contribution in [0.5, 0.6) is 5.75 Å². The summed E-state index contributed by atoms with van der Waals surface area (Å²) in [6.07, 6.45) is -7.72. The van der Waals surface area contributed by atoms with Crippen molar-refractivity contribution in [3.63, 3.8) is 0 Å². The summed E-state index contributed by atoms with van der Waals surface area (Å²) in [5.74, 6) is -1.06. The second-order valence-electron chi connectivity index (χ2n) is 10.2. The molecular weight excluding hydrogens is 528 g/mol. The minimum atomic E-state index is -5.19. The summed E-state index contributed by atoms with van der Waals surface area (Å²) in [4.78, 5) is 13.4. The predicted octanol–water partition coefficient (Wildman–Crippen LogP) is 3.84. The number of sulfone groups is 1. The lowest BCUT2D eigenvalue weighted by Crippen LogP contribution is -2.46. The van der Waals surface area contributed by atoms with Crippen molar-refractivity contribution in [2.24, 2.45) is 5.41 Å². The molecule has 2 saturated carbocycles. The number of ether oxygens (including phenoxy) is 1. The van der Waals surface area contributed by atoms with Gasteiger partial charge in [0.2, 0.25) is 5.91 Å². The van der Waals surface area contributed by atoms with Crippen molar-refractivity contribution in [2.45, 2.75) is 73.1 Å². The summed E-state index contributed by atoms with van der Waals surface area (Å²) in [5.41, 5.74) is -3.04. The van der Waals surface area contributed by atoms with Gasteiger partial charge in [0.25, 0.3) is 0 Å². The number of carbonyl (C=O) groups excluding carboxylic acids is 1. The number of nitrogens with one attached hydrogen (secondary N) is 1. The second-order valence-corrected chi connectivity index (χ2v) is 12.4. The third-order valence-corrected chi connectivity index (χ3v) is 9.39.